The first-order valence-electron chi connectivity index (χ1n) is 10.9. The number of anilines is 3. The van der Waals surface area contributed by atoms with E-state index in [1.165, 1.54) is 19.3 Å². The molecule has 1 aliphatic rings. The molecule has 1 aliphatic heterocycles. The molecule has 0 radical (unpaired) electrons. The number of nitrogens with one attached hydrogen (secondary N) is 1. The van der Waals surface area contributed by atoms with E-state index in [-0.39, 0.29) is 0 Å². The molecule has 1 saturated heterocycles. The fourth-order valence-corrected chi connectivity index (χ4v) is 3.75. The molecule has 2 N–H and O–H groups in total. The van der Waals surface area contributed by atoms with Gasteiger partial charge in [0.15, 0.2) is 11.6 Å². The van der Waals surface area contributed by atoms with Gasteiger partial charge < -0.3 is 15.3 Å². The van der Waals surface area contributed by atoms with E-state index in [0.717, 1.165) is 30.0 Å². The van der Waals surface area contributed by atoms with Gasteiger partial charge in [0, 0.05) is 24.8 Å². The Morgan fingerprint density at radius 1 is 1.03 bits per heavy atom. The minimum absolute atomic E-state index is 0.455. The number of rotatable bonds is 7. The maximum absolute atomic E-state index is 11.4. The Morgan fingerprint density at radius 2 is 1.78 bits per heavy atom. The van der Waals surface area contributed by atoms with Crippen molar-refractivity contribution < 1.29 is 9.90 Å². The molecule has 4 rings (SSSR count). The number of nitrogens with zero attached hydrogens (tertiary/aromatic N) is 5. The molecule has 8 nitrogen and oxygen atoms in total. The van der Waals surface area contributed by atoms with E-state index in [0.29, 0.717) is 23.9 Å². The SMILES string of the molecule is CC(C)(Cc1ccc(-c2nccc(Nc3cncc(N4CCCCC4)n3)n2)cc1)C(=O)O. The van der Waals surface area contributed by atoms with Crippen LogP contribution in [0.5, 0.6) is 0 Å². The molecule has 8 heteroatoms. The number of aromatic nitrogens is 4. The van der Waals surface area contributed by atoms with Gasteiger partial charge in [0.2, 0.25) is 0 Å². The Morgan fingerprint density at radius 3 is 2.50 bits per heavy atom. The number of carboxylic acid groups (broad SMARTS) is 1. The lowest BCUT2D eigenvalue weighted by Gasteiger charge is -2.27. The predicted octanol–water partition coefficient (Wildman–Crippen LogP) is 4.32. The van der Waals surface area contributed by atoms with Crippen molar-refractivity contribution >= 4 is 23.4 Å². The van der Waals surface area contributed by atoms with Crippen LogP contribution < -0.4 is 10.2 Å². The quantitative estimate of drug-likeness (QED) is 0.569. The number of aliphatic carboxylic acids is 1. The molecule has 166 valence electrons. The smallest absolute Gasteiger partial charge is 0.309 e. The average molecular weight is 433 g/mol. The first kappa shape index (κ1) is 21.7. The summed E-state index contributed by atoms with van der Waals surface area (Å²) in [5.74, 6) is 1.93. The molecule has 0 aliphatic carbocycles. The van der Waals surface area contributed by atoms with Gasteiger partial charge in [-0.05, 0) is 51.2 Å². The number of carbonyl (C=O) groups is 1. The van der Waals surface area contributed by atoms with Gasteiger partial charge in [-0.2, -0.15) is 0 Å². The van der Waals surface area contributed by atoms with Gasteiger partial charge >= 0.3 is 5.97 Å². The van der Waals surface area contributed by atoms with Crippen LogP contribution in [0.2, 0.25) is 0 Å². The molecular formula is C24H28N6O2. The number of hydrogen-bond donors (Lipinski definition) is 2. The minimum atomic E-state index is -0.814. The lowest BCUT2D eigenvalue weighted by atomic mass is 9.86. The summed E-state index contributed by atoms with van der Waals surface area (Å²) in [4.78, 5) is 31.7. The fraction of sp³-hybridized carbons (Fsp3) is 0.375. The zero-order chi connectivity index (χ0) is 22.6. The molecule has 2 aromatic heterocycles. The fourth-order valence-electron chi connectivity index (χ4n) is 3.75. The monoisotopic (exact) mass is 432 g/mol. The highest BCUT2D eigenvalue weighted by Gasteiger charge is 2.27. The van der Waals surface area contributed by atoms with Crippen molar-refractivity contribution in [3.8, 4) is 11.4 Å². The number of carboxylic acids is 1. The van der Waals surface area contributed by atoms with Gasteiger partial charge in [0.05, 0.1) is 17.8 Å². The molecule has 0 spiro atoms. The highest BCUT2D eigenvalue weighted by Crippen LogP contribution is 2.25. The van der Waals surface area contributed by atoms with Crippen molar-refractivity contribution in [3.63, 3.8) is 0 Å². The Kier molecular flexibility index (Phi) is 6.30. The molecule has 0 amide bonds. The highest BCUT2D eigenvalue weighted by atomic mass is 16.4. The second kappa shape index (κ2) is 9.30. The summed E-state index contributed by atoms with van der Waals surface area (Å²) in [5.41, 5.74) is 1.00. The zero-order valence-corrected chi connectivity index (χ0v) is 18.5. The van der Waals surface area contributed by atoms with Crippen LogP contribution in [0.4, 0.5) is 17.5 Å². The van der Waals surface area contributed by atoms with E-state index < -0.39 is 11.4 Å². The second-order valence-electron chi connectivity index (χ2n) is 8.76. The molecule has 3 heterocycles. The number of piperidine rings is 1. The van der Waals surface area contributed by atoms with Crippen LogP contribution in [0.15, 0.2) is 48.9 Å². The standard InChI is InChI=1S/C24H28N6O2/c1-24(2,23(31)32)14-17-6-8-18(9-7-17)22-26-11-10-19(29-22)27-20-15-25-16-21(28-20)30-12-4-3-5-13-30/h6-11,15-16H,3-5,12-14H2,1-2H3,(H,31,32)(H,26,27,28,29). The van der Waals surface area contributed by atoms with Crippen LogP contribution in [0.3, 0.4) is 0 Å². The highest BCUT2D eigenvalue weighted by molar-refractivity contribution is 5.74. The Labute approximate surface area is 187 Å². The summed E-state index contributed by atoms with van der Waals surface area (Å²) in [5, 5.41) is 12.6. The largest absolute Gasteiger partial charge is 0.481 e. The Bertz CT molecular complexity index is 1080. The summed E-state index contributed by atoms with van der Waals surface area (Å²) < 4.78 is 0. The van der Waals surface area contributed by atoms with E-state index in [9.17, 15) is 9.90 Å². The summed E-state index contributed by atoms with van der Waals surface area (Å²) in [6, 6.07) is 9.49. The molecule has 3 aromatic rings. The van der Waals surface area contributed by atoms with E-state index in [1.54, 1.807) is 38.5 Å². The predicted molar refractivity (Wildman–Crippen MR) is 124 cm³/mol. The summed E-state index contributed by atoms with van der Waals surface area (Å²) >= 11 is 0. The third kappa shape index (κ3) is 5.19. The summed E-state index contributed by atoms with van der Waals surface area (Å²) in [6.07, 6.45) is 9.28. The van der Waals surface area contributed by atoms with Crippen molar-refractivity contribution in [1.29, 1.82) is 0 Å². The molecule has 0 atom stereocenters. The number of hydrogen-bond acceptors (Lipinski definition) is 7. The molecule has 0 bridgehead atoms. The van der Waals surface area contributed by atoms with Gasteiger partial charge in [-0.3, -0.25) is 9.78 Å². The van der Waals surface area contributed by atoms with Gasteiger partial charge in [-0.1, -0.05) is 24.3 Å². The topological polar surface area (TPSA) is 104 Å². The van der Waals surface area contributed by atoms with Crippen molar-refractivity contribution in [2.24, 2.45) is 5.41 Å². The summed E-state index contributed by atoms with van der Waals surface area (Å²) in [6.45, 7) is 5.47. The Hall–Kier alpha value is -3.55. The second-order valence-corrected chi connectivity index (χ2v) is 8.76. The van der Waals surface area contributed by atoms with E-state index >= 15 is 0 Å². The van der Waals surface area contributed by atoms with Crippen molar-refractivity contribution in [1.82, 2.24) is 19.9 Å². The lowest BCUT2D eigenvalue weighted by molar-refractivity contribution is -0.146. The summed E-state index contributed by atoms with van der Waals surface area (Å²) in [7, 11) is 0. The minimum Gasteiger partial charge on any atom is -0.481 e. The van der Waals surface area contributed by atoms with Gasteiger partial charge in [-0.25, -0.2) is 15.0 Å². The molecule has 1 aromatic carbocycles. The third-order valence-corrected chi connectivity index (χ3v) is 5.65. The van der Waals surface area contributed by atoms with Crippen LogP contribution in [-0.2, 0) is 11.2 Å². The van der Waals surface area contributed by atoms with Crippen LogP contribution in [0.1, 0.15) is 38.7 Å². The molecule has 0 saturated carbocycles. The van der Waals surface area contributed by atoms with Gasteiger partial charge in [-0.15, -0.1) is 0 Å². The normalized spacial score (nSPS) is 14.2. The average Bonchev–Trinajstić information content (AvgIpc) is 2.80. The van der Waals surface area contributed by atoms with Crippen molar-refractivity contribution in [3.05, 3.63) is 54.5 Å². The lowest BCUT2D eigenvalue weighted by Crippen LogP contribution is -2.30. The maximum Gasteiger partial charge on any atom is 0.309 e. The van der Waals surface area contributed by atoms with Gasteiger partial charge in [0.1, 0.15) is 11.6 Å². The van der Waals surface area contributed by atoms with E-state index in [1.807, 2.05) is 24.3 Å². The van der Waals surface area contributed by atoms with Crippen molar-refractivity contribution in [2.75, 3.05) is 23.3 Å². The molecule has 32 heavy (non-hydrogen) atoms. The first-order valence-corrected chi connectivity index (χ1v) is 10.9. The molecule has 1 fully saturated rings. The van der Waals surface area contributed by atoms with Crippen LogP contribution in [-0.4, -0.2) is 44.1 Å². The Balaban J connectivity index is 1.48. The van der Waals surface area contributed by atoms with Crippen LogP contribution in [0, 0.1) is 5.41 Å². The number of benzene rings is 1. The van der Waals surface area contributed by atoms with Gasteiger partial charge in [0.25, 0.3) is 0 Å². The van der Waals surface area contributed by atoms with E-state index in [4.69, 9.17) is 4.98 Å². The molecular weight excluding hydrogens is 404 g/mol. The molecule has 0 unspecified atom stereocenters. The van der Waals surface area contributed by atoms with Crippen LogP contribution >= 0.6 is 0 Å². The maximum atomic E-state index is 11.4. The van der Waals surface area contributed by atoms with Crippen molar-refractivity contribution in [2.45, 2.75) is 39.5 Å². The third-order valence-electron chi connectivity index (χ3n) is 5.65. The van der Waals surface area contributed by atoms with Crippen LogP contribution in [0.25, 0.3) is 11.4 Å². The first-order chi connectivity index (χ1) is 15.4. The van der Waals surface area contributed by atoms with E-state index in [2.05, 4.69) is 25.2 Å². The zero-order valence-electron chi connectivity index (χ0n) is 18.5.